The van der Waals surface area contributed by atoms with Gasteiger partial charge in [0, 0.05) is 0 Å². The summed E-state index contributed by atoms with van der Waals surface area (Å²) in [6.07, 6.45) is -10.4. The quantitative estimate of drug-likeness (QED) is 0.0886. The number of carboxylic acid groups (broad SMARTS) is 3. The molecule has 0 aromatic rings. The van der Waals surface area contributed by atoms with Crippen molar-refractivity contribution >= 4 is 23.9 Å². The molecule has 0 amide bonds. The summed E-state index contributed by atoms with van der Waals surface area (Å²) in [7, 11) is 0. The highest BCUT2D eigenvalue weighted by Crippen LogP contribution is 2.76. The van der Waals surface area contributed by atoms with Crippen LogP contribution in [-0.4, -0.2) is 158 Å². The fourth-order valence-corrected chi connectivity index (χ4v) is 14.7. The van der Waals surface area contributed by atoms with Crippen molar-refractivity contribution in [2.75, 3.05) is 13.2 Å². The lowest BCUT2D eigenvalue weighted by Crippen LogP contribution is -2.69. The van der Waals surface area contributed by atoms with E-state index in [9.17, 15) is 60.0 Å². The van der Waals surface area contributed by atoms with E-state index >= 15 is 0 Å². The molecule has 8 N–H and O–H groups in total. The van der Waals surface area contributed by atoms with Gasteiger partial charge in [-0.05, 0) is 109 Å². The zero-order valence-electron chi connectivity index (χ0n) is 38.9. The van der Waals surface area contributed by atoms with Crippen LogP contribution < -0.4 is 0 Å². The van der Waals surface area contributed by atoms with E-state index in [1.54, 1.807) is 0 Å². The van der Waals surface area contributed by atoms with Crippen molar-refractivity contribution in [3.8, 4) is 0 Å². The van der Waals surface area contributed by atoms with Gasteiger partial charge in [0.1, 0.15) is 49.3 Å². The average Bonchev–Trinajstić information content (AvgIpc) is 3.24. The Kier molecular flexibility index (Phi) is 13.0. The summed E-state index contributed by atoms with van der Waals surface area (Å²) >= 11 is 0. The van der Waals surface area contributed by atoms with Crippen molar-refractivity contribution in [3.05, 3.63) is 11.6 Å². The van der Waals surface area contributed by atoms with Crippen LogP contribution in [0.5, 0.6) is 0 Å². The number of carbonyl (C=O) groups excluding carboxylic acids is 1. The monoisotopic (exact) mass is 938 g/mol. The Hall–Kier alpha value is -2.82. The summed E-state index contributed by atoms with van der Waals surface area (Å²) in [5, 5.41) is 81.8. The Labute approximate surface area is 384 Å². The van der Waals surface area contributed by atoms with Gasteiger partial charge in [0.25, 0.3) is 0 Å². The van der Waals surface area contributed by atoms with E-state index in [0.717, 1.165) is 38.5 Å². The molecule has 3 aliphatic heterocycles. The van der Waals surface area contributed by atoms with E-state index in [-0.39, 0.29) is 39.4 Å². The number of allylic oxidation sites excluding steroid dienone is 2. The molecule has 20 atom stereocenters. The SMILES string of the molecule is CC1(C)CCC2(C(=O)OC3OC(CO)C(O)C(O)C3O)CCC3(C)C(=CCC4C5(C)CCC(OC6OC(C(=O)O)C(O)C7OC(C(=O)O)C(OCC(=O)O)OC67)C(C)(C)C5CCC43C)C2C1. The van der Waals surface area contributed by atoms with Crippen LogP contribution in [0, 0.1) is 50.2 Å². The Morgan fingerprint density at radius 3 is 2.03 bits per heavy atom. The summed E-state index contributed by atoms with van der Waals surface area (Å²) in [6.45, 7) is 14.3. The molecule has 4 saturated carbocycles. The predicted octanol–water partition coefficient (Wildman–Crippen LogP) is 2.35. The molecular formula is C47H70O19. The maximum atomic E-state index is 14.7. The third-order valence-electron chi connectivity index (χ3n) is 18.6. The molecule has 3 heterocycles. The van der Waals surface area contributed by atoms with Gasteiger partial charge in [0.2, 0.25) is 12.4 Å². The number of carboxylic acids is 3. The lowest BCUT2D eigenvalue weighted by molar-refractivity contribution is -0.390. The molecule has 0 aromatic carbocycles. The molecule has 19 nitrogen and oxygen atoms in total. The number of fused-ring (bicyclic) bond motifs is 8. The number of ether oxygens (including phenoxy) is 7. The molecule has 19 heteroatoms. The highest BCUT2D eigenvalue weighted by Gasteiger charge is 2.70. The van der Waals surface area contributed by atoms with Crippen LogP contribution in [0.2, 0.25) is 0 Å². The Morgan fingerprint density at radius 1 is 0.697 bits per heavy atom. The first-order valence-corrected chi connectivity index (χ1v) is 23.6. The van der Waals surface area contributed by atoms with Gasteiger partial charge in [0.15, 0.2) is 18.7 Å². The van der Waals surface area contributed by atoms with E-state index in [1.165, 1.54) is 5.57 Å². The van der Waals surface area contributed by atoms with Gasteiger partial charge in [-0.25, -0.2) is 14.4 Å². The number of aliphatic carboxylic acids is 3. The van der Waals surface area contributed by atoms with Gasteiger partial charge in [-0.2, -0.15) is 0 Å². The molecule has 0 bridgehead atoms. The van der Waals surface area contributed by atoms with Crippen LogP contribution in [0.15, 0.2) is 11.6 Å². The van der Waals surface area contributed by atoms with Gasteiger partial charge in [0.05, 0.1) is 18.1 Å². The smallest absolute Gasteiger partial charge is 0.338 e. The Bertz CT molecular complexity index is 1940. The summed E-state index contributed by atoms with van der Waals surface area (Å²) in [5.74, 6) is -4.81. The van der Waals surface area contributed by atoms with Crippen LogP contribution in [0.3, 0.4) is 0 Å². The first-order chi connectivity index (χ1) is 30.8. The fraction of sp³-hybridized carbons (Fsp3) is 0.872. The second-order valence-corrected chi connectivity index (χ2v) is 22.7. The standard InChI is InChI=1S/C47H70O19/c1-42(2)14-16-47(41(59)66-38-30(53)29(52)28(51)23(19-48)61-38)17-15-45(6)21(22(47)18-42)8-9-25-44(5)12-11-26(43(3,4)24(44)10-13-46(25,45)7)62-40-34-32(31(54)33(64-40)36(55)56)63-35(37(57)58)39(65-34)60-20-27(49)50/h8,22-26,28-35,38-40,48,51-54H,9-20H2,1-7H3,(H,49,50)(H,55,56)(H,57,58). The minimum absolute atomic E-state index is 0.0791. The zero-order chi connectivity index (χ0) is 48.3. The van der Waals surface area contributed by atoms with Crippen LogP contribution in [0.4, 0.5) is 0 Å². The first kappa shape index (κ1) is 49.6. The Morgan fingerprint density at radius 2 is 1.38 bits per heavy atom. The molecule has 8 aliphatic rings. The summed E-state index contributed by atoms with van der Waals surface area (Å²) in [6, 6.07) is 0. The van der Waals surface area contributed by atoms with E-state index < -0.39 is 128 Å². The third kappa shape index (κ3) is 7.74. The highest BCUT2D eigenvalue weighted by molar-refractivity contribution is 5.79. The molecule has 3 saturated heterocycles. The van der Waals surface area contributed by atoms with Crippen molar-refractivity contribution in [3.63, 3.8) is 0 Å². The molecule has 8 rings (SSSR count). The van der Waals surface area contributed by atoms with E-state index in [0.29, 0.717) is 25.7 Å². The maximum Gasteiger partial charge on any atom is 0.338 e. The number of aliphatic hydroxyl groups is 5. The zero-order valence-corrected chi connectivity index (χ0v) is 38.9. The normalized spacial score (nSPS) is 49.3. The second kappa shape index (κ2) is 17.2. The van der Waals surface area contributed by atoms with Crippen LogP contribution >= 0.6 is 0 Å². The molecule has 0 radical (unpaired) electrons. The Balaban J connectivity index is 1.05. The first-order valence-electron chi connectivity index (χ1n) is 23.6. The maximum absolute atomic E-state index is 14.7. The molecule has 0 spiro atoms. The number of rotatable bonds is 10. The second-order valence-electron chi connectivity index (χ2n) is 22.7. The molecule has 20 unspecified atom stereocenters. The predicted molar refractivity (Wildman–Crippen MR) is 225 cm³/mol. The van der Waals surface area contributed by atoms with Crippen molar-refractivity contribution in [2.24, 2.45) is 50.2 Å². The summed E-state index contributed by atoms with van der Waals surface area (Å²) < 4.78 is 41.2. The molecule has 372 valence electrons. The topological polar surface area (TPSA) is 295 Å². The van der Waals surface area contributed by atoms with Crippen LogP contribution in [0.1, 0.15) is 113 Å². The molecule has 0 aromatic heterocycles. The van der Waals surface area contributed by atoms with Crippen molar-refractivity contribution in [2.45, 2.75) is 193 Å². The number of aliphatic hydroxyl groups excluding tert-OH is 5. The number of hydrogen-bond acceptors (Lipinski definition) is 16. The van der Waals surface area contributed by atoms with E-state index in [4.69, 9.17) is 33.2 Å². The molecule has 7 fully saturated rings. The van der Waals surface area contributed by atoms with E-state index in [2.05, 4.69) is 54.5 Å². The van der Waals surface area contributed by atoms with Gasteiger partial charge in [-0.3, -0.25) is 4.79 Å². The van der Waals surface area contributed by atoms with Crippen LogP contribution in [0.25, 0.3) is 0 Å². The van der Waals surface area contributed by atoms with Crippen LogP contribution in [-0.2, 0) is 52.3 Å². The van der Waals surface area contributed by atoms with Gasteiger partial charge >= 0.3 is 23.9 Å². The molecule has 66 heavy (non-hydrogen) atoms. The lowest BCUT2D eigenvalue weighted by Gasteiger charge is -2.71. The number of carbonyl (C=O) groups is 4. The van der Waals surface area contributed by atoms with Gasteiger partial charge in [-0.1, -0.05) is 60.1 Å². The van der Waals surface area contributed by atoms with Crippen molar-refractivity contribution in [1.29, 1.82) is 0 Å². The highest BCUT2D eigenvalue weighted by atomic mass is 16.8. The minimum Gasteiger partial charge on any atom is -0.480 e. The third-order valence-corrected chi connectivity index (χ3v) is 18.6. The lowest BCUT2D eigenvalue weighted by atomic mass is 9.33. The van der Waals surface area contributed by atoms with Crippen molar-refractivity contribution in [1.82, 2.24) is 0 Å². The molecule has 5 aliphatic carbocycles. The van der Waals surface area contributed by atoms with E-state index in [1.807, 2.05) is 0 Å². The summed E-state index contributed by atoms with van der Waals surface area (Å²) in [4.78, 5) is 50.6. The van der Waals surface area contributed by atoms with Gasteiger partial charge < -0.3 is 74.0 Å². The van der Waals surface area contributed by atoms with Gasteiger partial charge in [-0.15, -0.1) is 0 Å². The fourth-order valence-electron chi connectivity index (χ4n) is 14.7. The number of esters is 1. The average molecular weight is 939 g/mol. The minimum atomic E-state index is -1.88. The molecular weight excluding hydrogens is 868 g/mol. The van der Waals surface area contributed by atoms with Crippen molar-refractivity contribution < 1.29 is 93.2 Å². The number of hydrogen-bond donors (Lipinski definition) is 8. The largest absolute Gasteiger partial charge is 0.480 e. The summed E-state index contributed by atoms with van der Waals surface area (Å²) in [5.41, 5.74) is -0.956.